The van der Waals surface area contributed by atoms with Crippen LogP contribution in [0.2, 0.25) is 0 Å². The van der Waals surface area contributed by atoms with Gasteiger partial charge in [-0.25, -0.2) is 0 Å². The predicted octanol–water partition coefficient (Wildman–Crippen LogP) is 3.90. The summed E-state index contributed by atoms with van der Waals surface area (Å²) in [6, 6.07) is 21.1. The van der Waals surface area contributed by atoms with Crippen molar-refractivity contribution in [3.05, 3.63) is 71.8 Å². The van der Waals surface area contributed by atoms with Crippen molar-refractivity contribution in [3.8, 4) is 0 Å². The van der Waals surface area contributed by atoms with Crippen molar-refractivity contribution < 1.29 is 4.74 Å². The van der Waals surface area contributed by atoms with E-state index < -0.39 is 0 Å². The summed E-state index contributed by atoms with van der Waals surface area (Å²) in [7, 11) is 0. The lowest BCUT2D eigenvalue weighted by atomic mass is 10.2. The Labute approximate surface area is 125 Å². The SMILES string of the molecule is ClCN(CCOCc1ccccc1)Cc1ccccc1. The van der Waals surface area contributed by atoms with E-state index in [1.54, 1.807) is 0 Å². The lowest BCUT2D eigenvalue weighted by molar-refractivity contribution is 0.0959. The highest BCUT2D eigenvalue weighted by molar-refractivity contribution is 6.17. The first-order valence-corrected chi connectivity index (χ1v) is 7.36. The van der Waals surface area contributed by atoms with Crippen molar-refractivity contribution in [1.29, 1.82) is 0 Å². The molecule has 0 fully saturated rings. The zero-order valence-corrected chi connectivity index (χ0v) is 12.3. The highest BCUT2D eigenvalue weighted by Crippen LogP contribution is 2.06. The molecule has 0 aliphatic rings. The van der Waals surface area contributed by atoms with Gasteiger partial charge in [-0.15, -0.1) is 11.6 Å². The van der Waals surface area contributed by atoms with Gasteiger partial charge in [-0.05, 0) is 11.1 Å². The predicted molar refractivity (Wildman–Crippen MR) is 83.7 cm³/mol. The standard InChI is InChI=1S/C17H20ClNO/c18-15-19(13-16-7-3-1-4-8-16)11-12-20-14-17-9-5-2-6-10-17/h1-10H,11-15H2. The van der Waals surface area contributed by atoms with Crippen LogP contribution in [0.1, 0.15) is 11.1 Å². The van der Waals surface area contributed by atoms with E-state index in [-0.39, 0.29) is 0 Å². The van der Waals surface area contributed by atoms with Gasteiger partial charge in [-0.2, -0.15) is 0 Å². The van der Waals surface area contributed by atoms with Crippen LogP contribution >= 0.6 is 11.6 Å². The summed E-state index contributed by atoms with van der Waals surface area (Å²) < 4.78 is 5.69. The fraction of sp³-hybridized carbons (Fsp3) is 0.294. The van der Waals surface area contributed by atoms with Gasteiger partial charge in [0.2, 0.25) is 0 Å². The summed E-state index contributed by atoms with van der Waals surface area (Å²) in [5.74, 6) is 0. The molecular formula is C17H20ClNO. The van der Waals surface area contributed by atoms with Crippen LogP contribution in [-0.2, 0) is 17.9 Å². The maximum absolute atomic E-state index is 5.98. The number of rotatable bonds is 8. The number of hydrogen-bond acceptors (Lipinski definition) is 2. The monoisotopic (exact) mass is 289 g/mol. The van der Waals surface area contributed by atoms with Crippen LogP contribution in [0.3, 0.4) is 0 Å². The molecule has 0 aromatic heterocycles. The smallest absolute Gasteiger partial charge is 0.0742 e. The van der Waals surface area contributed by atoms with Gasteiger partial charge in [0.05, 0.1) is 19.2 Å². The Kier molecular flexibility index (Phi) is 6.58. The Bertz CT molecular complexity index is 475. The Morgan fingerprint density at radius 3 is 2.05 bits per heavy atom. The second kappa shape index (κ2) is 8.75. The Balaban J connectivity index is 1.69. The fourth-order valence-corrected chi connectivity index (χ4v) is 2.18. The third kappa shape index (κ3) is 5.33. The van der Waals surface area contributed by atoms with E-state index in [0.717, 1.165) is 13.1 Å². The third-order valence-electron chi connectivity index (χ3n) is 3.08. The van der Waals surface area contributed by atoms with Crippen LogP contribution in [0.15, 0.2) is 60.7 Å². The van der Waals surface area contributed by atoms with E-state index in [0.29, 0.717) is 19.2 Å². The van der Waals surface area contributed by atoms with Gasteiger partial charge in [0, 0.05) is 13.1 Å². The Hall–Kier alpha value is -1.35. The molecule has 2 rings (SSSR count). The van der Waals surface area contributed by atoms with Crippen molar-refractivity contribution in [2.75, 3.05) is 19.2 Å². The fourth-order valence-electron chi connectivity index (χ4n) is 1.98. The number of ether oxygens (including phenoxy) is 1. The van der Waals surface area contributed by atoms with Crippen molar-refractivity contribution in [3.63, 3.8) is 0 Å². The van der Waals surface area contributed by atoms with Crippen LogP contribution in [0, 0.1) is 0 Å². The molecule has 0 saturated carbocycles. The minimum Gasteiger partial charge on any atom is -0.375 e. The van der Waals surface area contributed by atoms with E-state index in [4.69, 9.17) is 16.3 Å². The summed E-state index contributed by atoms with van der Waals surface area (Å²) in [6.07, 6.45) is 0. The Morgan fingerprint density at radius 2 is 1.45 bits per heavy atom. The summed E-state index contributed by atoms with van der Waals surface area (Å²) in [6.45, 7) is 3.04. The first-order valence-electron chi connectivity index (χ1n) is 6.82. The van der Waals surface area contributed by atoms with Crippen LogP contribution in [0.25, 0.3) is 0 Å². The molecule has 2 aromatic rings. The molecule has 0 bridgehead atoms. The van der Waals surface area contributed by atoms with Gasteiger partial charge in [-0.3, -0.25) is 4.90 Å². The van der Waals surface area contributed by atoms with Crippen LogP contribution < -0.4 is 0 Å². The molecule has 0 aliphatic carbocycles. The van der Waals surface area contributed by atoms with Gasteiger partial charge >= 0.3 is 0 Å². The summed E-state index contributed by atoms with van der Waals surface area (Å²) in [5, 5.41) is 0. The number of alkyl halides is 1. The van der Waals surface area contributed by atoms with Crippen LogP contribution in [0.4, 0.5) is 0 Å². The highest BCUT2D eigenvalue weighted by Gasteiger charge is 2.04. The average molecular weight is 290 g/mol. The van der Waals surface area contributed by atoms with E-state index in [2.05, 4.69) is 29.2 Å². The number of nitrogens with zero attached hydrogens (tertiary/aromatic N) is 1. The van der Waals surface area contributed by atoms with Crippen molar-refractivity contribution in [2.24, 2.45) is 0 Å². The van der Waals surface area contributed by atoms with Crippen molar-refractivity contribution in [1.82, 2.24) is 4.90 Å². The maximum atomic E-state index is 5.98. The molecule has 3 heteroatoms. The molecule has 0 spiro atoms. The molecule has 20 heavy (non-hydrogen) atoms. The molecule has 0 unspecified atom stereocenters. The quantitative estimate of drug-likeness (QED) is 0.415. The molecule has 2 nitrogen and oxygen atoms in total. The van der Waals surface area contributed by atoms with Gasteiger partial charge in [-0.1, -0.05) is 60.7 Å². The number of hydrogen-bond donors (Lipinski definition) is 0. The molecule has 0 radical (unpaired) electrons. The third-order valence-corrected chi connectivity index (χ3v) is 3.42. The minimum absolute atomic E-state index is 0.517. The highest BCUT2D eigenvalue weighted by atomic mass is 35.5. The molecule has 0 saturated heterocycles. The van der Waals surface area contributed by atoms with Gasteiger partial charge < -0.3 is 4.74 Å². The summed E-state index contributed by atoms with van der Waals surface area (Å²) in [5.41, 5.74) is 2.48. The summed E-state index contributed by atoms with van der Waals surface area (Å²) >= 11 is 5.98. The van der Waals surface area contributed by atoms with Gasteiger partial charge in [0.25, 0.3) is 0 Å². The molecule has 0 N–H and O–H groups in total. The maximum Gasteiger partial charge on any atom is 0.0742 e. The summed E-state index contributed by atoms with van der Waals surface area (Å²) in [4.78, 5) is 2.17. The van der Waals surface area contributed by atoms with Crippen molar-refractivity contribution in [2.45, 2.75) is 13.2 Å². The van der Waals surface area contributed by atoms with Gasteiger partial charge in [0.15, 0.2) is 0 Å². The molecule has 0 atom stereocenters. The van der Waals surface area contributed by atoms with E-state index in [9.17, 15) is 0 Å². The van der Waals surface area contributed by atoms with Gasteiger partial charge in [0.1, 0.15) is 0 Å². The second-order valence-corrected chi connectivity index (χ2v) is 4.93. The number of halogens is 1. The lowest BCUT2D eigenvalue weighted by Gasteiger charge is -2.19. The first kappa shape index (κ1) is 15.0. The van der Waals surface area contributed by atoms with E-state index in [1.807, 2.05) is 36.4 Å². The minimum atomic E-state index is 0.517. The van der Waals surface area contributed by atoms with E-state index in [1.165, 1.54) is 11.1 Å². The van der Waals surface area contributed by atoms with Crippen LogP contribution in [-0.4, -0.2) is 24.1 Å². The zero-order chi connectivity index (χ0) is 14.0. The van der Waals surface area contributed by atoms with E-state index >= 15 is 0 Å². The lowest BCUT2D eigenvalue weighted by Crippen LogP contribution is -2.26. The second-order valence-electron chi connectivity index (χ2n) is 4.70. The molecule has 0 heterocycles. The van der Waals surface area contributed by atoms with Crippen LogP contribution in [0.5, 0.6) is 0 Å². The first-order chi connectivity index (χ1) is 9.88. The topological polar surface area (TPSA) is 12.5 Å². The molecule has 2 aromatic carbocycles. The molecular weight excluding hydrogens is 270 g/mol. The molecule has 0 amide bonds. The molecule has 0 aliphatic heterocycles. The van der Waals surface area contributed by atoms with Crippen molar-refractivity contribution >= 4 is 11.6 Å². The average Bonchev–Trinajstić information content (AvgIpc) is 2.52. The Morgan fingerprint density at radius 1 is 0.850 bits per heavy atom. The zero-order valence-electron chi connectivity index (χ0n) is 11.5. The normalized spacial score (nSPS) is 10.9. The number of benzene rings is 2. The molecule has 106 valence electrons. The largest absolute Gasteiger partial charge is 0.375 e.